The molecule has 0 amide bonds. The molecule has 0 fully saturated rings. The van der Waals surface area contributed by atoms with Gasteiger partial charge in [-0.2, -0.15) is 13.2 Å². The first-order valence-electron chi connectivity index (χ1n) is 4.06. The molecule has 1 heterocycles. The van der Waals surface area contributed by atoms with Crippen molar-refractivity contribution in [1.29, 1.82) is 0 Å². The number of fused-ring (bicyclic) bond motifs is 1. The summed E-state index contributed by atoms with van der Waals surface area (Å²) in [5, 5.41) is 0.477. The quantitative estimate of drug-likeness (QED) is 0.682. The van der Waals surface area contributed by atoms with Crippen LogP contribution >= 0.6 is 0 Å². The third-order valence-corrected chi connectivity index (χ3v) is 1.98. The minimum Gasteiger partial charge on any atom is -0.453 e. The van der Waals surface area contributed by atoms with Crippen LogP contribution in [-0.4, -0.2) is 6.29 Å². The molecule has 0 radical (unpaired) electrons. The van der Waals surface area contributed by atoms with Crippen LogP contribution in [0.25, 0.3) is 11.0 Å². The van der Waals surface area contributed by atoms with Crippen molar-refractivity contribution in [2.24, 2.45) is 0 Å². The maximum atomic E-state index is 12.3. The van der Waals surface area contributed by atoms with E-state index in [1.54, 1.807) is 0 Å². The van der Waals surface area contributed by atoms with E-state index in [0.717, 1.165) is 12.1 Å². The topological polar surface area (TPSA) is 30.2 Å². The number of alkyl halides is 3. The molecule has 5 heteroatoms. The minimum atomic E-state index is -4.40. The number of carbonyl (C=O) groups excluding carboxylic acids is 1. The van der Waals surface area contributed by atoms with Gasteiger partial charge in [-0.25, -0.2) is 0 Å². The van der Waals surface area contributed by atoms with Crippen LogP contribution in [0, 0.1) is 0 Å². The zero-order valence-corrected chi connectivity index (χ0v) is 7.34. The molecule has 2 rings (SSSR count). The predicted molar refractivity (Wildman–Crippen MR) is 46.6 cm³/mol. The van der Waals surface area contributed by atoms with E-state index < -0.39 is 11.7 Å². The maximum absolute atomic E-state index is 12.3. The summed E-state index contributed by atoms with van der Waals surface area (Å²) >= 11 is 0. The van der Waals surface area contributed by atoms with Crippen LogP contribution in [0.5, 0.6) is 0 Å². The van der Waals surface area contributed by atoms with E-state index in [-0.39, 0.29) is 11.3 Å². The highest BCUT2D eigenvalue weighted by Crippen LogP contribution is 2.32. The first-order valence-corrected chi connectivity index (χ1v) is 4.06. The second-order valence-corrected chi connectivity index (χ2v) is 3.02. The summed E-state index contributed by atoms with van der Waals surface area (Å²) < 4.78 is 41.8. The molecule has 0 bridgehead atoms. The number of hydrogen-bond acceptors (Lipinski definition) is 2. The monoisotopic (exact) mass is 214 g/mol. The normalized spacial score (nSPS) is 11.9. The number of benzene rings is 1. The fourth-order valence-corrected chi connectivity index (χ4v) is 1.29. The minimum absolute atomic E-state index is 0.0179. The first-order chi connectivity index (χ1) is 7.00. The fraction of sp³-hybridized carbons (Fsp3) is 0.100. The molecule has 0 aliphatic rings. The highest BCUT2D eigenvalue weighted by atomic mass is 19.4. The second kappa shape index (κ2) is 3.12. The van der Waals surface area contributed by atoms with Crippen molar-refractivity contribution >= 4 is 17.3 Å². The number of aldehydes is 1. The van der Waals surface area contributed by atoms with Crippen molar-refractivity contribution in [1.82, 2.24) is 0 Å². The van der Waals surface area contributed by atoms with E-state index in [9.17, 15) is 18.0 Å². The molecule has 2 nitrogen and oxygen atoms in total. The van der Waals surface area contributed by atoms with Crippen LogP contribution in [0.4, 0.5) is 13.2 Å². The summed E-state index contributed by atoms with van der Waals surface area (Å²) in [7, 11) is 0. The Bertz CT molecular complexity index is 511. The van der Waals surface area contributed by atoms with E-state index in [2.05, 4.69) is 0 Å². The number of rotatable bonds is 1. The lowest BCUT2D eigenvalue weighted by Crippen LogP contribution is -2.03. The van der Waals surface area contributed by atoms with Crippen molar-refractivity contribution in [2.75, 3.05) is 0 Å². The van der Waals surface area contributed by atoms with E-state index in [1.165, 1.54) is 12.1 Å². The molecule has 0 saturated heterocycles. The SMILES string of the molecule is O=Cc1cc2ccc(C(F)(F)F)cc2o1. The molecule has 0 spiro atoms. The first kappa shape index (κ1) is 9.76. The van der Waals surface area contributed by atoms with Gasteiger partial charge in [0.2, 0.25) is 0 Å². The van der Waals surface area contributed by atoms with Crippen LogP contribution < -0.4 is 0 Å². The Kier molecular flexibility index (Phi) is 2.03. The smallest absolute Gasteiger partial charge is 0.416 e. The number of hydrogen-bond donors (Lipinski definition) is 0. The van der Waals surface area contributed by atoms with Crippen LogP contribution in [0.15, 0.2) is 28.7 Å². The van der Waals surface area contributed by atoms with Gasteiger partial charge in [-0.05, 0) is 18.2 Å². The van der Waals surface area contributed by atoms with E-state index in [0.29, 0.717) is 11.7 Å². The Hall–Kier alpha value is -1.78. The number of carbonyl (C=O) groups is 1. The Balaban J connectivity index is 2.60. The van der Waals surface area contributed by atoms with Gasteiger partial charge in [-0.15, -0.1) is 0 Å². The molecule has 0 N–H and O–H groups in total. The van der Waals surface area contributed by atoms with Gasteiger partial charge in [0.1, 0.15) is 5.58 Å². The predicted octanol–water partition coefficient (Wildman–Crippen LogP) is 3.26. The molecule has 0 atom stereocenters. The molecule has 0 saturated carbocycles. The fourth-order valence-electron chi connectivity index (χ4n) is 1.29. The summed E-state index contributed by atoms with van der Waals surface area (Å²) in [4.78, 5) is 10.3. The zero-order chi connectivity index (χ0) is 11.1. The van der Waals surface area contributed by atoms with Gasteiger partial charge in [0.15, 0.2) is 12.0 Å². The average molecular weight is 214 g/mol. The van der Waals surface area contributed by atoms with Crippen LogP contribution in [-0.2, 0) is 6.18 Å². The Morgan fingerprint density at radius 1 is 1.20 bits per heavy atom. The van der Waals surface area contributed by atoms with Crippen molar-refractivity contribution in [3.63, 3.8) is 0 Å². The average Bonchev–Trinajstić information content (AvgIpc) is 2.57. The number of halogens is 3. The Labute approximate surface area is 82.3 Å². The third kappa shape index (κ3) is 1.72. The van der Waals surface area contributed by atoms with Gasteiger partial charge >= 0.3 is 6.18 Å². The van der Waals surface area contributed by atoms with E-state index >= 15 is 0 Å². The van der Waals surface area contributed by atoms with Gasteiger partial charge in [0, 0.05) is 5.39 Å². The summed E-state index contributed by atoms with van der Waals surface area (Å²) in [6.45, 7) is 0. The van der Waals surface area contributed by atoms with Gasteiger partial charge in [-0.1, -0.05) is 6.07 Å². The Morgan fingerprint density at radius 2 is 1.93 bits per heavy atom. The Morgan fingerprint density at radius 3 is 2.53 bits per heavy atom. The van der Waals surface area contributed by atoms with E-state index in [1.807, 2.05) is 0 Å². The molecule has 0 aliphatic heterocycles. The van der Waals surface area contributed by atoms with Crippen LogP contribution in [0.2, 0.25) is 0 Å². The molecular formula is C10H5F3O2. The zero-order valence-electron chi connectivity index (χ0n) is 7.34. The summed E-state index contributed by atoms with van der Waals surface area (Å²) in [5.41, 5.74) is -0.728. The van der Waals surface area contributed by atoms with Gasteiger partial charge in [-0.3, -0.25) is 4.79 Å². The number of furan rings is 1. The van der Waals surface area contributed by atoms with Crippen LogP contribution in [0.1, 0.15) is 16.1 Å². The summed E-state index contributed by atoms with van der Waals surface area (Å²) in [6.07, 6.45) is -3.95. The lowest BCUT2D eigenvalue weighted by atomic mass is 10.1. The lowest BCUT2D eigenvalue weighted by Gasteiger charge is -2.04. The lowest BCUT2D eigenvalue weighted by molar-refractivity contribution is -0.137. The van der Waals surface area contributed by atoms with Gasteiger partial charge in [0.25, 0.3) is 0 Å². The van der Waals surface area contributed by atoms with E-state index in [4.69, 9.17) is 4.42 Å². The standard InChI is InChI=1S/C10H5F3O2/c11-10(12,13)7-2-1-6-3-8(5-14)15-9(6)4-7/h1-5H. The second-order valence-electron chi connectivity index (χ2n) is 3.02. The molecule has 0 unspecified atom stereocenters. The highest BCUT2D eigenvalue weighted by molar-refractivity contribution is 5.85. The third-order valence-electron chi connectivity index (χ3n) is 1.98. The van der Waals surface area contributed by atoms with Crippen molar-refractivity contribution in [3.8, 4) is 0 Å². The molecule has 2 aromatic rings. The van der Waals surface area contributed by atoms with Gasteiger partial charge < -0.3 is 4.42 Å². The maximum Gasteiger partial charge on any atom is 0.416 e. The van der Waals surface area contributed by atoms with Crippen LogP contribution in [0.3, 0.4) is 0 Å². The van der Waals surface area contributed by atoms with Crippen molar-refractivity contribution in [3.05, 3.63) is 35.6 Å². The molecule has 78 valence electrons. The summed E-state index contributed by atoms with van der Waals surface area (Å²) in [6, 6.07) is 4.49. The molecule has 0 aliphatic carbocycles. The molecule has 1 aromatic heterocycles. The van der Waals surface area contributed by atoms with Gasteiger partial charge in [0.05, 0.1) is 5.56 Å². The molecular weight excluding hydrogens is 209 g/mol. The summed E-state index contributed by atoms with van der Waals surface area (Å²) in [5.74, 6) is 0.0179. The largest absolute Gasteiger partial charge is 0.453 e. The van der Waals surface area contributed by atoms with Crippen molar-refractivity contribution < 1.29 is 22.4 Å². The molecule has 1 aromatic carbocycles. The highest BCUT2D eigenvalue weighted by Gasteiger charge is 2.30. The van der Waals surface area contributed by atoms with Crippen molar-refractivity contribution in [2.45, 2.75) is 6.18 Å². The molecule has 15 heavy (non-hydrogen) atoms.